The van der Waals surface area contributed by atoms with Crippen molar-refractivity contribution in [2.24, 2.45) is 0 Å². The first-order valence-electron chi connectivity index (χ1n) is 7.67. The maximum absolute atomic E-state index is 12.3. The van der Waals surface area contributed by atoms with Crippen molar-refractivity contribution in [3.8, 4) is 0 Å². The average Bonchev–Trinajstić information content (AvgIpc) is 2.54. The molecule has 0 saturated carbocycles. The second-order valence-electron chi connectivity index (χ2n) is 5.50. The molecule has 2 amide bonds. The van der Waals surface area contributed by atoms with E-state index in [1.165, 1.54) is 6.08 Å². The van der Waals surface area contributed by atoms with E-state index in [-0.39, 0.29) is 18.4 Å². The van der Waals surface area contributed by atoms with E-state index in [1.54, 1.807) is 34.9 Å². The highest BCUT2D eigenvalue weighted by Crippen LogP contribution is 2.15. The van der Waals surface area contributed by atoms with E-state index < -0.39 is 6.04 Å². The van der Waals surface area contributed by atoms with Crippen molar-refractivity contribution >= 4 is 29.5 Å². The van der Waals surface area contributed by atoms with Crippen LogP contribution in [0.2, 0.25) is 5.02 Å². The fourth-order valence-electron chi connectivity index (χ4n) is 2.59. The van der Waals surface area contributed by atoms with Crippen LogP contribution in [0.5, 0.6) is 0 Å². The number of carbonyl (C=O) groups is 2. The van der Waals surface area contributed by atoms with Crippen molar-refractivity contribution in [3.05, 3.63) is 40.9 Å². The maximum atomic E-state index is 12.3. The molecule has 1 aromatic carbocycles. The van der Waals surface area contributed by atoms with E-state index in [9.17, 15) is 9.59 Å². The topological polar surface area (TPSA) is 60.9 Å². The van der Waals surface area contributed by atoms with E-state index in [0.717, 1.165) is 5.56 Å². The van der Waals surface area contributed by atoms with Gasteiger partial charge < -0.3 is 14.9 Å². The number of halogens is 1. The van der Waals surface area contributed by atoms with Gasteiger partial charge in [-0.1, -0.05) is 23.7 Å². The Kier molecular flexibility index (Phi) is 6.19. The predicted octanol–water partition coefficient (Wildman–Crippen LogP) is 1.79. The molecular formula is C17H21ClN2O3. The predicted molar refractivity (Wildman–Crippen MR) is 89.9 cm³/mol. The van der Waals surface area contributed by atoms with Gasteiger partial charge in [-0.2, -0.15) is 0 Å². The van der Waals surface area contributed by atoms with Crippen molar-refractivity contribution in [1.82, 2.24) is 9.80 Å². The second-order valence-corrected chi connectivity index (χ2v) is 5.93. The number of nitrogens with zero attached hydrogens (tertiary/aromatic N) is 2. The average molecular weight is 337 g/mol. The maximum Gasteiger partial charge on any atom is 0.247 e. The standard InChI is InChI=1S/C17H21ClN2O3/c1-13-17(23)19(8-3-11-21)9-10-20(13)16(22)7-6-14-4-2-5-15(18)12-14/h2,4-7,12-13,21H,3,8-11H2,1H3/t13-/m0/s1. The van der Waals surface area contributed by atoms with Crippen LogP contribution in [0.1, 0.15) is 18.9 Å². The molecule has 124 valence electrons. The van der Waals surface area contributed by atoms with Crippen LogP contribution in [-0.2, 0) is 9.59 Å². The van der Waals surface area contributed by atoms with Crippen molar-refractivity contribution in [3.63, 3.8) is 0 Å². The van der Waals surface area contributed by atoms with Gasteiger partial charge in [0.1, 0.15) is 6.04 Å². The molecular weight excluding hydrogens is 316 g/mol. The molecule has 1 aromatic rings. The molecule has 5 nitrogen and oxygen atoms in total. The van der Waals surface area contributed by atoms with Gasteiger partial charge >= 0.3 is 0 Å². The number of piperazine rings is 1. The Balaban J connectivity index is 1.99. The van der Waals surface area contributed by atoms with E-state index in [4.69, 9.17) is 16.7 Å². The third-order valence-electron chi connectivity index (χ3n) is 3.88. The van der Waals surface area contributed by atoms with Crippen LogP contribution in [0.15, 0.2) is 30.3 Å². The molecule has 1 saturated heterocycles. The number of hydrogen-bond donors (Lipinski definition) is 1. The summed E-state index contributed by atoms with van der Waals surface area (Å²) in [7, 11) is 0. The van der Waals surface area contributed by atoms with E-state index >= 15 is 0 Å². The lowest BCUT2D eigenvalue weighted by molar-refractivity contribution is -0.148. The molecule has 23 heavy (non-hydrogen) atoms. The SMILES string of the molecule is C[C@H]1C(=O)N(CCCO)CCN1C(=O)C=Cc1cccc(Cl)c1. The highest BCUT2D eigenvalue weighted by molar-refractivity contribution is 6.30. The molecule has 1 atom stereocenters. The molecule has 0 unspecified atom stereocenters. The number of benzene rings is 1. The van der Waals surface area contributed by atoms with E-state index in [0.29, 0.717) is 31.1 Å². The van der Waals surface area contributed by atoms with Crippen molar-refractivity contribution < 1.29 is 14.7 Å². The summed E-state index contributed by atoms with van der Waals surface area (Å²) in [6.45, 7) is 3.32. The zero-order valence-electron chi connectivity index (χ0n) is 13.1. The summed E-state index contributed by atoms with van der Waals surface area (Å²) < 4.78 is 0. The Morgan fingerprint density at radius 3 is 2.91 bits per heavy atom. The summed E-state index contributed by atoms with van der Waals surface area (Å²) in [6, 6.07) is 6.73. The zero-order chi connectivity index (χ0) is 16.8. The normalized spacial score (nSPS) is 18.7. The van der Waals surface area contributed by atoms with Gasteiger partial charge in [-0.25, -0.2) is 0 Å². The Labute approximate surface area is 141 Å². The molecule has 2 rings (SSSR count). The summed E-state index contributed by atoms with van der Waals surface area (Å²) in [5.74, 6) is -0.262. The summed E-state index contributed by atoms with van der Waals surface area (Å²) in [4.78, 5) is 27.9. The van der Waals surface area contributed by atoms with E-state index in [2.05, 4.69) is 0 Å². The molecule has 0 aliphatic carbocycles. The smallest absolute Gasteiger partial charge is 0.247 e. The van der Waals surface area contributed by atoms with Crippen LogP contribution in [0, 0.1) is 0 Å². The monoisotopic (exact) mass is 336 g/mol. The van der Waals surface area contributed by atoms with Gasteiger partial charge in [0, 0.05) is 37.3 Å². The summed E-state index contributed by atoms with van der Waals surface area (Å²) in [5, 5.41) is 9.48. The number of carbonyl (C=O) groups excluding carboxylic acids is 2. The molecule has 0 bridgehead atoms. The Hall–Kier alpha value is -1.85. The second kappa shape index (κ2) is 8.13. The molecule has 1 aliphatic rings. The van der Waals surface area contributed by atoms with Gasteiger partial charge in [-0.15, -0.1) is 0 Å². The zero-order valence-corrected chi connectivity index (χ0v) is 13.9. The molecule has 1 aliphatic heterocycles. The summed E-state index contributed by atoms with van der Waals surface area (Å²) in [5.41, 5.74) is 0.839. The van der Waals surface area contributed by atoms with Crippen LogP contribution in [0.3, 0.4) is 0 Å². The Morgan fingerprint density at radius 2 is 2.22 bits per heavy atom. The number of amides is 2. The first-order valence-corrected chi connectivity index (χ1v) is 8.04. The van der Waals surface area contributed by atoms with Crippen molar-refractivity contribution in [1.29, 1.82) is 0 Å². The quantitative estimate of drug-likeness (QED) is 0.834. The van der Waals surface area contributed by atoms with Gasteiger partial charge in [0.05, 0.1) is 0 Å². The molecule has 0 spiro atoms. The first kappa shape index (κ1) is 17.5. The molecule has 0 radical (unpaired) electrons. The Morgan fingerprint density at radius 1 is 1.43 bits per heavy atom. The molecule has 1 N–H and O–H groups in total. The lowest BCUT2D eigenvalue weighted by atomic mass is 10.1. The van der Waals surface area contributed by atoms with Crippen LogP contribution in [-0.4, -0.2) is 59.0 Å². The van der Waals surface area contributed by atoms with Crippen LogP contribution >= 0.6 is 11.6 Å². The minimum Gasteiger partial charge on any atom is -0.396 e. The lowest BCUT2D eigenvalue weighted by Gasteiger charge is -2.38. The molecule has 1 heterocycles. The lowest BCUT2D eigenvalue weighted by Crippen LogP contribution is -2.57. The highest BCUT2D eigenvalue weighted by atomic mass is 35.5. The fraction of sp³-hybridized carbons (Fsp3) is 0.412. The largest absolute Gasteiger partial charge is 0.396 e. The van der Waals surface area contributed by atoms with Crippen LogP contribution < -0.4 is 0 Å². The number of aliphatic hydroxyl groups is 1. The minimum atomic E-state index is -0.487. The van der Waals surface area contributed by atoms with Crippen LogP contribution in [0.25, 0.3) is 6.08 Å². The summed E-state index contributed by atoms with van der Waals surface area (Å²) in [6.07, 6.45) is 3.73. The van der Waals surface area contributed by atoms with Crippen LogP contribution in [0.4, 0.5) is 0 Å². The number of hydrogen-bond acceptors (Lipinski definition) is 3. The fourth-order valence-corrected chi connectivity index (χ4v) is 2.79. The minimum absolute atomic E-state index is 0.0587. The van der Waals surface area contributed by atoms with Gasteiger partial charge in [0.15, 0.2) is 0 Å². The molecule has 0 aromatic heterocycles. The highest BCUT2D eigenvalue weighted by Gasteiger charge is 2.32. The molecule has 1 fully saturated rings. The number of aliphatic hydroxyl groups excluding tert-OH is 1. The first-order chi connectivity index (χ1) is 11.0. The van der Waals surface area contributed by atoms with Crippen molar-refractivity contribution in [2.45, 2.75) is 19.4 Å². The third kappa shape index (κ3) is 4.56. The van der Waals surface area contributed by atoms with E-state index in [1.807, 2.05) is 12.1 Å². The van der Waals surface area contributed by atoms with Gasteiger partial charge in [0.25, 0.3) is 0 Å². The summed E-state index contributed by atoms with van der Waals surface area (Å²) >= 11 is 5.91. The Bertz CT molecular complexity index is 603. The van der Waals surface area contributed by atoms with Gasteiger partial charge in [-0.3, -0.25) is 9.59 Å². The molecule has 6 heteroatoms. The third-order valence-corrected chi connectivity index (χ3v) is 4.12. The number of rotatable bonds is 5. The van der Waals surface area contributed by atoms with Gasteiger partial charge in [-0.05, 0) is 37.1 Å². The van der Waals surface area contributed by atoms with Crippen molar-refractivity contribution in [2.75, 3.05) is 26.2 Å². The van der Waals surface area contributed by atoms with Gasteiger partial charge in [0.2, 0.25) is 11.8 Å².